The van der Waals surface area contributed by atoms with E-state index in [0.29, 0.717) is 4.91 Å². The molecule has 3 rings (SSSR count). The fourth-order valence-corrected chi connectivity index (χ4v) is 5.00. The lowest BCUT2D eigenvalue weighted by atomic mass is 10.2. The van der Waals surface area contributed by atoms with Crippen LogP contribution < -0.4 is 10.0 Å². The van der Waals surface area contributed by atoms with Crippen LogP contribution in [-0.2, 0) is 19.6 Å². The van der Waals surface area contributed by atoms with Gasteiger partial charge in [-0.1, -0.05) is 48.0 Å². The Morgan fingerprint density at radius 1 is 1.06 bits per heavy atom. The van der Waals surface area contributed by atoms with E-state index >= 15 is 0 Å². The summed E-state index contributed by atoms with van der Waals surface area (Å²) in [4.78, 5) is 38.0. The zero-order valence-electron chi connectivity index (χ0n) is 16.8. The molecule has 0 aromatic heterocycles. The molecule has 1 aliphatic rings. The number of carbonyl (C=O) groups is 3. The van der Waals surface area contributed by atoms with Crippen LogP contribution in [0, 0.1) is 0 Å². The second-order valence-electron chi connectivity index (χ2n) is 6.70. The largest absolute Gasteiger partial charge is 0.354 e. The number of nitrogens with one attached hydrogen (secondary N) is 2. The maximum Gasteiger partial charge on any atom is 0.293 e. The number of benzene rings is 2. The number of hydrogen-bond acceptors (Lipinski definition) is 6. The topological polar surface area (TPSA) is 113 Å². The number of rotatable bonds is 9. The smallest absolute Gasteiger partial charge is 0.293 e. The first-order chi connectivity index (χ1) is 15.3. The van der Waals surface area contributed by atoms with Crippen molar-refractivity contribution < 1.29 is 22.8 Å². The third-order valence-corrected chi connectivity index (χ3v) is 6.98. The van der Waals surface area contributed by atoms with Crippen LogP contribution in [-0.4, -0.2) is 50.0 Å². The molecule has 0 unspecified atom stereocenters. The molecule has 2 aromatic carbocycles. The van der Waals surface area contributed by atoms with Crippen LogP contribution in [0.3, 0.4) is 0 Å². The van der Waals surface area contributed by atoms with Gasteiger partial charge in [0.2, 0.25) is 15.9 Å². The number of imide groups is 1. The van der Waals surface area contributed by atoms with Crippen LogP contribution in [0.4, 0.5) is 4.79 Å². The lowest BCUT2D eigenvalue weighted by Gasteiger charge is -2.13. The quantitative estimate of drug-likeness (QED) is 0.519. The molecule has 0 atom stereocenters. The Kier molecular flexibility index (Phi) is 8.08. The Morgan fingerprint density at radius 3 is 2.53 bits per heavy atom. The van der Waals surface area contributed by atoms with Gasteiger partial charge in [0.1, 0.15) is 0 Å². The van der Waals surface area contributed by atoms with Crippen LogP contribution >= 0.6 is 23.4 Å². The molecule has 3 amide bonds. The maximum atomic E-state index is 12.5. The van der Waals surface area contributed by atoms with E-state index in [9.17, 15) is 22.8 Å². The highest BCUT2D eigenvalue weighted by atomic mass is 35.5. The summed E-state index contributed by atoms with van der Waals surface area (Å²) in [5, 5.41) is 2.47. The Hall–Kier alpha value is -2.66. The summed E-state index contributed by atoms with van der Waals surface area (Å²) in [5.41, 5.74) is 0.812. The molecule has 2 N–H and O–H groups in total. The van der Waals surface area contributed by atoms with Gasteiger partial charge in [-0.05, 0) is 41.6 Å². The van der Waals surface area contributed by atoms with E-state index in [1.54, 1.807) is 12.1 Å². The van der Waals surface area contributed by atoms with Gasteiger partial charge in [0.15, 0.2) is 0 Å². The first-order valence-corrected chi connectivity index (χ1v) is 12.3. The minimum absolute atomic E-state index is 0.00771. The lowest BCUT2D eigenvalue weighted by molar-refractivity contribution is -0.124. The van der Waals surface area contributed by atoms with E-state index in [1.807, 2.05) is 30.3 Å². The highest BCUT2D eigenvalue weighted by Crippen LogP contribution is 2.31. The van der Waals surface area contributed by atoms with Crippen LogP contribution in [0.1, 0.15) is 12.0 Å². The molecule has 1 aliphatic heterocycles. The fourth-order valence-electron chi connectivity index (χ4n) is 2.81. The molecule has 1 saturated heterocycles. The van der Waals surface area contributed by atoms with E-state index in [4.69, 9.17) is 11.6 Å². The van der Waals surface area contributed by atoms with Crippen molar-refractivity contribution in [3.8, 4) is 0 Å². The minimum atomic E-state index is -3.78. The lowest BCUT2D eigenvalue weighted by Crippen LogP contribution is -2.38. The maximum absolute atomic E-state index is 12.5. The number of amides is 3. The third-order valence-electron chi connectivity index (χ3n) is 4.38. The van der Waals surface area contributed by atoms with E-state index in [2.05, 4.69) is 10.0 Å². The molecule has 0 aliphatic carbocycles. The number of carbonyl (C=O) groups excluding carboxylic acids is 3. The van der Waals surface area contributed by atoms with Gasteiger partial charge in [-0.2, -0.15) is 0 Å². The number of nitrogens with zero attached hydrogens (tertiary/aromatic N) is 1. The molecular weight excluding hydrogens is 474 g/mol. The van der Waals surface area contributed by atoms with Crippen molar-refractivity contribution in [3.05, 3.63) is 70.1 Å². The van der Waals surface area contributed by atoms with Crippen molar-refractivity contribution >= 4 is 56.5 Å². The minimum Gasteiger partial charge on any atom is -0.354 e. The number of sulfonamides is 1. The highest BCUT2D eigenvalue weighted by Gasteiger charge is 2.34. The van der Waals surface area contributed by atoms with E-state index in [0.717, 1.165) is 22.2 Å². The molecule has 1 fully saturated rings. The molecule has 0 bridgehead atoms. The summed E-state index contributed by atoms with van der Waals surface area (Å²) in [7, 11) is -3.78. The molecule has 11 heteroatoms. The SMILES string of the molecule is O=C(CCNS(=O)(=O)c1cccc(Cl)c1)NCCN1C(=O)S/C(=C/c2ccccc2)C1=O. The molecular formula is C21H20ClN3O5S2. The van der Waals surface area contributed by atoms with Gasteiger partial charge in [-0.25, -0.2) is 13.1 Å². The van der Waals surface area contributed by atoms with Crippen molar-refractivity contribution in [2.24, 2.45) is 0 Å². The Bertz CT molecular complexity index is 1150. The third kappa shape index (κ3) is 6.42. The van der Waals surface area contributed by atoms with Crippen LogP contribution in [0.25, 0.3) is 6.08 Å². The molecule has 8 nitrogen and oxygen atoms in total. The monoisotopic (exact) mass is 493 g/mol. The first-order valence-electron chi connectivity index (χ1n) is 9.58. The van der Waals surface area contributed by atoms with Crippen molar-refractivity contribution in [2.75, 3.05) is 19.6 Å². The zero-order valence-corrected chi connectivity index (χ0v) is 19.2. The van der Waals surface area contributed by atoms with E-state index < -0.39 is 27.1 Å². The first kappa shape index (κ1) is 24.0. The van der Waals surface area contributed by atoms with Gasteiger partial charge in [0, 0.05) is 31.1 Å². The summed E-state index contributed by atoms with van der Waals surface area (Å²) in [6.45, 7) is -0.0185. The summed E-state index contributed by atoms with van der Waals surface area (Å²) in [6.07, 6.45) is 1.55. The molecule has 2 aromatic rings. The van der Waals surface area contributed by atoms with Crippen molar-refractivity contribution in [1.82, 2.24) is 14.9 Å². The molecule has 0 spiro atoms. The zero-order chi connectivity index (χ0) is 23.1. The summed E-state index contributed by atoms with van der Waals surface area (Å²) < 4.78 is 26.7. The van der Waals surface area contributed by atoms with Crippen molar-refractivity contribution in [2.45, 2.75) is 11.3 Å². The van der Waals surface area contributed by atoms with Gasteiger partial charge in [0.05, 0.1) is 9.80 Å². The Morgan fingerprint density at radius 2 is 1.81 bits per heavy atom. The van der Waals surface area contributed by atoms with Crippen molar-refractivity contribution in [1.29, 1.82) is 0 Å². The summed E-state index contributed by atoms with van der Waals surface area (Å²) in [6, 6.07) is 15.0. The average Bonchev–Trinajstić information content (AvgIpc) is 3.01. The van der Waals surface area contributed by atoms with E-state index in [-0.39, 0.29) is 36.0 Å². The van der Waals surface area contributed by atoms with Crippen LogP contribution in [0.15, 0.2) is 64.4 Å². The van der Waals surface area contributed by atoms with E-state index in [1.165, 1.54) is 18.2 Å². The fraction of sp³-hybridized carbons (Fsp3) is 0.190. The van der Waals surface area contributed by atoms with Gasteiger partial charge in [0.25, 0.3) is 11.1 Å². The van der Waals surface area contributed by atoms with Gasteiger partial charge >= 0.3 is 0 Å². The highest BCUT2D eigenvalue weighted by molar-refractivity contribution is 8.18. The molecule has 0 saturated carbocycles. The Labute approximate surface area is 195 Å². The standard InChI is InChI=1S/C21H20ClN3O5S2/c22-16-7-4-8-17(14-16)32(29,30)24-10-9-19(26)23-11-12-25-20(27)18(31-21(25)28)13-15-5-2-1-3-6-15/h1-8,13-14,24H,9-12H2,(H,23,26)/b18-13+. The average molecular weight is 494 g/mol. The van der Waals surface area contributed by atoms with Crippen molar-refractivity contribution in [3.63, 3.8) is 0 Å². The van der Waals surface area contributed by atoms with Crippen LogP contribution in [0.5, 0.6) is 0 Å². The van der Waals surface area contributed by atoms with Crippen LogP contribution in [0.2, 0.25) is 5.02 Å². The van der Waals surface area contributed by atoms with Gasteiger partial charge < -0.3 is 5.32 Å². The normalized spacial score (nSPS) is 15.4. The second-order valence-corrected chi connectivity index (χ2v) is 9.90. The molecule has 1 heterocycles. The number of hydrogen-bond donors (Lipinski definition) is 2. The number of thioether (sulfide) groups is 1. The predicted octanol–water partition coefficient (Wildman–Crippen LogP) is 2.86. The molecule has 32 heavy (non-hydrogen) atoms. The number of halogens is 1. The molecule has 0 radical (unpaired) electrons. The second kappa shape index (κ2) is 10.8. The predicted molar refractivity (Wildman–Crippen MR) is 123 cm³/mol. The molecule has 168 valence electrons. The van der Waals surface area contributed by atoms with Gasteiger partial charge in [-0.3, -0.25) is 19.3 Å². The Balaban J connectivity index is 1.43. The summed E-state index contributed by atoms with van der Waals surface area (Å²) >= 11 is 6.65. The summed E-state index contributed by atoms with van der Waals surface area (Å²) in [5.74, 6) is -0.821. The van der Waals surface area contributed by atoms with Gasteiger partial charge in [-0.15, -0.1) is 0 Å².